The standard InChI is InChI=1S/C15H14N2O2S/c1-3-12-16-13-10-6-4-5-7-11(10)19-14(13)15(17-12)20-8-9(2)18/h4-7H,3,8H2,1-2H3. The van der Waals surface area contributed by atoms with Crippen molar-refractivity contribution in [3.8, 4) is 0 Å². The zero-order chi connectivity index (χ0) is 14.1. The monoisotopic (exact) mass is 286 g/mol. The highest BCUT2D eigenvalue weighted by Gasteiger charge is 2.15. The second-order valence-corrected chi connectivity index (χ2v) is 5.53. The Bertz CT molecular complexity index is 795. The molecule has 5 heteroatoms. The lowest BCUT2D eigenvalue weighted by atomic mass is 10.2. The normalized spacial score (nSPS) is 11.3. The first-order valence-corrected chi connectivity index (χ1v) is 7.48. The van der Waals surface area contributed by atoms with Gasteiger partial charge in [0.2, 0.25) is 0 Å². The van der Waals surface area contributed by atoms with E-state index in [2.05, 4.69) is 9.97 Å². The summed E-state index contributed by atoms with van der Waals surface area (Å²) in [5.41, 5.74) is 2.31. The predicted octanol–water partition coefficient (Wildman–Crippen LogP) is 3.62. The molecule has 0 aliphatic heterocycles. The van der Waals surface area contributed by atoms with Crippen LogP contribution in [-0.4, -0.2) is 21.5 Å². The molecule has 0 bridgehead atoms. The van der Waals surface area contributed by atoms with E-state index in [-0.39, 0.29) is 5.78 Å². The molecule has 0 amide bonds. The van der Waals surface area contributed by atoms with E-state index in [4.69, 9.17) is 4.42 Å². The third-order valence-corrected chi connectivity index (χ3v) is 4.06. The molecule has 0 spiro atoms. The number of aryl methyl sites for hydroxylation is 1. The molecule has 2 heterocycles. The Hall–Kier alpha value is -1.88. The van der Waals surface area contributed by atoms with E-state index >= 15 is 0 Å². The van der Waals surface area contributed by atoms with Gasteiger partial charge in [-0.1, -0.05) is 30.8 Å². The molecule has 0 saturated carbocycles. The van der Waals surface area contributed by atoms with Gasteiger partial charge in [0.1, 0.15) is 27.7 Å². The van der Waals surface area contributed by atoms with Crippen LogP contribution in [-0.2, 0) is 11.2 Å². The lowest BCUT2D eigenvalue weighted by Gasteiger charge is -2.02. The van der Waals surface area contributed by atoms with E-state index < -0.39 is 0 Å². The lowest BCUT2D eigenvalue weighted by Crippen LogP contribution is -1.98. The molecule has 0 aliphatic rings. The Labute approximate surface area is 120 Å². The summed E-state index contributed by atoms with van der Waals surface area (Å²) >= 11 is 1.41. The third-order valence-electron chi connectivity index (χ3n) is 2.96. The summed E-state index contributed by atoms with van der Waals surface area (Å²) in [6, 6.07) is 7.81. The number of carbonyl (C=O) groups is 1. The first kappa shape index (κ1) is 13.1. The molecular weight excluding hydrogens is 272 g/mol. The summed E-state index contributed by atoms with van der Waals surface area (Å²) in [6.45, 7) is 3.59. The Kier molecular flexibility index (Phi) is 3.44. The van der Waals surface area contributed by atoms with E-state index in [1.54, 1.807) is 6.92 Å². The largest absolute Gasteiger partial charge is 0.451 e. The summed E-state index contributed by atoms with van der Waals surface area (Å²) in [5, 5.41) is 1.74. The number of ketones is 1. The van der Waals surface area contributed by atoms with Crippen LogP contribution in [0.4, 0.5) is 0 Å². The number of fused-ring (bicyclic) bond motifs is 3. The lowest BCUT2D eigenvalue weighted by molar-refractivity contribution is -0.114. The van der Waals surface area contributed by atoms with Gasteiger partial charge < -0.3 is 4.42 Å². The number of benzene rings is 1. The highest BCUT2D eigenvalue weighted by atomic mass is 32.2. The first-order chi connectivity index (χ1) is 9.69. The Morgan fingerprint density at radius 2 is 2.10 bits per heavy atom. The molecule has 2 aromatic heterocycles. The van der Waals surface area contributed by atoms with Gasteiger partial charge in [-0.3, -0.25) is 4.79 Å². The van der Waals surface area contributed by atoms with Crippen molar-refractivity contribution >= 4 is 39.6 Å². The van der Waals surface area contributed by atoms with Gasteiger partial charge in [0, 0.05) is 11.8 Å². The van der Waals surface area contributed by atoms with Gasteiger partial charge in [0.25, 0.3) is 0 Å². The molecule has 1 aromatic carbocycles. The summed E-state index contributed by atoms with van der Waals surface area (Å²) < 4.78 is 5.86. The summed E-state index contributed by atoms with van der Waals surface area (Å²) in [4.78, 5) is 20.2. The molecule has 3 rings (SSSR count). The molecular formula is C15H14N2O2S. The summed E-state index contributed by atoms with van der Waals surface area (Å²) in [6.07, 6.45) is 0.753. The predicted molar refractivity (Wildman–Crippen MR) is 80.1 cm³/mol. The zero-order valence-electron chi connectivity index (χ0n) is 11.3. The molecule has 0 aliphatic carbocycles. The van der Waals surface area contributed by atoms with Gasteiger partial charge in [-0.25, -0.2) is 9.97 Å². The molecule has 0 radical (unpaired) electrons. The van der Waals surface area contributed by atoms with E-state index in [1.807, 2.05) is 31.2 Å². The molecule has 0 N–H and O–H groups in total. The molecule has 102 valence electrons. The third kappa shape index (κ3) is 2.29. The van der Waals surface area contributed by atoms with Crippen LogP contribution in [0.1, 0.15) is 19.7 Å². The van der Waals surface area contributed by atoms with Crippen LogP contribution in [0.5, 0.6) is 0 Å². The number of para-hydroxylation sites is 1. The number of rotatable bonds is 4. The van der Waals surface area contributed by atoms with Gasteiger partial charge in [-0.15, -0.1) is 0 Å². The van der Waals surface area contributed by atoms with Crippen molar-refractivity contribution in [2.24, 2.45) is 0 Å². The number of carbonyl (C=O) groups excluding carboxylic acids is 1. The Balaban J connectivity index is 2.23. The van der Waals surface area contributed by atoms with Gasteiger partial charge >= 0.3 is 0 Å². The van der Waals surface area contributed by atoms with Crippen LogP contribution in [0.3, 0.4) is 0 Å². The van der Waals surface area contributed by atoms with Gasteiger partial charge in [-0.05, 0) is 19.1 Å². The Morgan fingerprint density at radius 1 is 1.30 bits per heavy atom. The molecule has 20 heavy (non-hydrogen) atoms. The van der Waals surface area contributed by atoms with Crippen LogP contribution >= 0.6 is 11.8 Å². The van der Waals surface area contributed by atoms with Crippen LogP contribution in [0.15, 0.2) is 33.7 Å². The highest BCUT2D eigenvalue weighted by molar-refractivity contribution is 8.00. The number of aromatic nitrogens is 2. The number of nitrogens with zero attached hydrogens (tertiary/aromatic N) is 2. The maximum atomic E-state index is 11.2. The van der Waals surface area contributed by atoms with Crippen molar-refractivity contribution in [2.75, 3.05) is 5.75 Å². The van der Waals surface area contributed by atoms with Crippen molar-refractivity contribution in [3.63, 3.8) is 0 Å². The van der Waals surface area contributed by atoms with E-state index in [1.165, 1.54) is 11.8 Å². The van der Waals surface area contributed by atoms with E-state index in [9.17, 15) is 4.79 Å². The topological polar surface area (TPSA) is 56.0 Å². The van der Waals surface area contributed by atoms with Crippen LogP contribution in [0.25, 0.3) is 22.1 Å². The number of Topliss-reactive ketones (excluding diaryl/α,β-unsaturated/α-hetero) is 1. The van der Waals surface area contributed by atoms with Crippen LogP contribution < -0.4 is 0 Å². The van der Waals surface area contributed by atoms with Gasteiger partial charge in [0.15, 0.2) is 5.58 Å². The fourth-order valence-corrected chi connectivity index (χ4v) is 2.82. The van der Waals surface area contributed by atoms with E-state index in [0.29, 0.717) is 11.3 Å². The second-order valence-electron chi connectivity index (χ2n) is 4.57. The molecule has 4 nitrogen and oxygen atoms in total. The smallest absolute Gasteiger partial charge is 0.186 e. The number of thioether (sulfide) groups is 1. The molecule has 3 aromatic rings. The second kappa shape index (κ2) is 5.25. The van der Waals surface area contributed by atoms with Crippen LogP contribution in [0.2, 0.25) is 0 Å². The average Bonchev–Trinajstić information content (AvgIpc) is 2.83. The fraction of sp³-hybridized carbons (Fsp3) is 0.267. The van der Waals surface area contributed by atoms with Crippen LogP contribution in [0, 0.1) is 0 Å². The molecule has 0 saturated heterocycles. The van der Waals surface area contributed by atoms with Crippen molar-refractivity contribution in [2.45, 2.75) is 25.3 Å². The average molecular weight is 286 g/mol. The van der Waals surface area contributed by atoms with Crippen molar-refractivity contribution < 1.29 is 9.21 Å². The highest BCUT2D eigenvalue weighted by Crippen LogP contribution is 2.33. The molecule has 0 fully saturated rings. The SMILES string of the molecule is CCc1nc(SCC(C)=O)c2oc3ccccc3c2n1. The van der Waals surface area contributed by atoms with Gasteiger partial charge in [0.05, 0.1) is 5.75 Å². The van der Waals surface area contributed by atoms with Gasteiger partial charge in [-0.2, -0.15) is 0 Å². The molecule has 0 unspecified atom stereocenters. The van der Waals surface area contributed by atoms with E-state index in [0.717, 1.165) is 33.8 Å². The minimum Gasteiger partial charge on any atom is -0.451 e. The maximum absolute atomic E-state index is 11.2. The van der Waals surface area contributed by atoms with Crippen molar-refractivity contribution in [3.05, 3.63) is 30.1 Å². The minimum atomic E-state index is 0.121. The fourth-order valence-electron chi connectivity index (χ4n) is 2.04. The van der Waals surface area contributed by atoms with Crippen molar-refractivity contribution in [1.29, 1.82) is 0 Å². The minimum absolute atomic E-state index is 0.121. The number of furan rings is 1. The summed E-state index contributed by atoms with van der Waals surface area (Å²) in [5.74, 6) is 1.29. The number of hydrogen-bond donors (Lipinski definition) is 0. The zero-order valence-corrected chi connectivity index (χ0v) is 12.2. The first-order valence-electron chi connectivity index (χ1n) is 6.49. The quantitative estimate of drug-likeness (QED) is 0.541. The Morgan fingerprint density at radius 3 is 2.85 bits per heavy atom. The number of hydrogen-bond acceptors (Lipinski definition) is 5. The van der Waals surface area contributed by atoms with Crippen molar-refractivity contribution in [1.82, 2.24) is 9.97 Å². The summed E-state index contributed by atoms with van der Waals surface area (Å²) in [7, 11) is 0. The molecule has 0 atom stereocenters. The maximum Gasteiger partial charge on any atom is 0.186 e.